The number of hydrogen-bond acceptors (Lipinski definition) is 4. The largest absolute Gasteiger partial charge is 0.480 e. The number of carboxylic acid groups (broad SMARTS) is 1. The van der Waals surface area contributed by atoms with Gasteiger partial charge in [0.2, 0.25) is 0 Å². The van der Waals surface area contributed by atoms with Crippen molar-refractivity contribution in [2.75, 3.05) is 17.3 Å². The van der Waals surface area contributed by atoms with E-state index in [1.54, 1.807) is 16.7 Å². The number of hydrogen-bond donors (Lipinski definition) is 2. The Labute approximate surface area is 121 Å². The van der Waals surface area contributed by atoms with Crippen LogP contribution in [0.5, 0.6) is 0 Å². The molecule has 19 heavy (non-hydrogen) atoms. The van der Waals surface area contributed by atoms with Crippen molar-refractivity contribution in [3.05, 3.63) is 0 Å². The van der Waals surface area contributed by atoms with Gasteiger partial charge in [-0.1, -0.05) is 13.3 Å². The van der Waals surface area contributed by atoms with E-state index in [4.69, 9.17) is 0 Å². The first-order valence-corrected chi connectivity index (χ1v) is 8.84. The molecule has 3 atom stereocenters. The highest BCUT2D eigenvalue weighted by molar-refractivity contribution is 8.00. The van der Waals surface area contributed by atoms with Crippen LogP contribution in [-0.2, 0) is 4.79 Å². The van der Waals surface area contributed by atoms with E-state index in [9.17, 15) is 14.7 Å². The molecule has 2 aliphatic rings. The third-order valence-electron chi connectivity index (χ3n) is 3.41. The molecular weight excluding hydrogens is 284 g/mol. The summed E-state index contributed by atoms with van der Waals surface area (Å²) in [5.41, 5.74) is 0. The lowest BCUT2D eigenvalue weighted by molar-refractivity contribution is -0.141. The average Bonchev–Trinajstić information content (AvgIpc) is 2.98. The van der Waals surface area contributed by atoms with Crippen LogP contribution < -0.4 is 5.32 Å². The fourth-order valence-corrected chi connectivity index (χ4v) is 5.06. The molecule has 0 saturated carbocycles. The van der Waals surface area contributed by atoms with E-state index in [-0.39, 0.29) is 17.4 Å². The van der Waals surface area contributed by atoms with Crippen LogP contribution in [0.1, 0.15) is 26.2 Å². The van der Waals surface area contributed by atoms with Crippen molar-refractivity contribution >= 4 is 35.5 Å². The first-order chi connectivity index (χ1) is 9.13. The van der Waals surface area contributed by atoms with Crippen LogP contribution in [0.25, 0.3) is 0 Å². The second-order valence-electron chi connectivity index (χ2n) is 4.85. The summed E-state index contributed by atoms with van der Waals surface area (Å²) in [4.78, 5) is 25.1. The van der Waals surface area contributed by atoms with Crippen molar-refractivity contribution in [2.24, 2.45) is 0 Å². The molecule has 2 heterocycles. The van der Waals surface area contributed by atoms with E-state index < -0.39 is 12.0 Å². The van der Waals surface area contributed by atoms with Crippen molar-refractivity contribution in [1.29, 1.82) is 0 Å². The van der Waals surface area contributed by atoms with Gasteiger partial charge in [-0.2, -0.15) is 11.8 Å². The van der Waals surface area contributed by atoms with Gasteiger partial charge in [0, 0.05) is 17.5 Å². The molecule has 2 N–H and O–H groups in total. The molecule has 2 amide bonds. The Morgan fingerprint density at radius 3 is 2.79 bits per heavy atom. The van der Waals surface area contributed by atoms with E-state index in [0.29, 0.717) is 5.75 Å². The summed E-state index contributed by atoms with van der Waals surface area (Å²) in [6.07, 6.45) is 2.78. The molecule has 0 aromatic heterocycles. The molecule has 2 fully saturated rings. The molecule has 0 radical (unpaired) electrons. The van der Waals surface area contributed by atoms with Gasteiger partial charge in [-0.15, -0.1) is 11.8 Å². The first-order valence-electron chi connectivity index (χ1n) is 6.64. The summed E-state index contributed by atoms with van der Waals surface area (Å²) < 4.78 is 0. The lowest BCUT2D eigenvalue weighted by Gasteiger charge is -2.28. The first kappa shape index (κ1) is 14.8. The lowest BCUT2D eigenvalue weighted by Crippen LogP contribution is -2.52. The Morgan fingerprint density at radius 1 is 1.42 bits per heavy atom. The summed E-state index contributed by atoms with van der Waals surface area (Å²) in [5, 5.41) is 12.2. The predicted molar refractivity (Wildman–Crippen MR) is 78.7 cm³/mol. The van der Waals surface area contributed by atoms with Gasteiger partial charge in [0.15, 0.2) is 0 Å². The van der Waals surface area contributed by atoms with Gasteiger partial charge in [0.25, 0.3) is 0 Å². The second-order valence-corrected chi connectivity index (χ2v) is 7.21. The summed E-state index contributed by atoms with van der Waals surface area (Å²) >= 11 is 3.41. The molecule has 0 aliphatic carbocycles. The maximum atomic E-state index is 12.3. The Hall–Kier alpha value is -0.560. The van der Waals surface area contributed by atoms with Gasteiger partial charge in [0.05, 0.1) is 5.37 Å². The number of nitrogens with one attached hydrogen (secondary N) is 1. The normalized spacial score (nSPS) is 30.6. The SMILES string of the molecule is CCCC1SCC(C(=O)O)N1C(=O)NC1CCSC1. The number of urea groups is 1. The van der Waals surface area contributed by atoms with Gasteiger partial charge in [0.1, 0.15) is 6.04 Å². The molecular formula is C12H20N2O3S2. The van der Waals surface area contributed by atoms with Crippen LogP contribution in [0.2, 0.25) is 0 Å². The number of aliphatic carboxylic acids is 1. The molecule has 7 heteroatoms. The molecule has 2 aliphatic heterocycles. The van der Waals surface area contributed by atoms with Crippen molar-refractivity contribution in [1.82, 2.24) is 10.2 Å². The van der Waals surface area contributed by atoms with E-state index in [1.807, 2.05) is 11.8 Å². The zero-order valence-electron chi connectivity index (χ0n) is 11.0. The van der Waals surface area contributed by atoms with Gasteiger partial charge in [-0.05, 0) is 18.6 Å². The fraction of sp³-hybridized carbons (Fsp3) is 0.833. The minimum absolute atomic E-state index is 0.000145. The fourth-order valence-electron chi connectivity index (χ4n) is 2.39. The Balaban J connectivity index is 2.01. The Kier molecular flexibility index (Phi) is 5.27. The standard InChI is InChI=1S/C12H20N2O3S2/c1-2-3-10-14(9(7-19-10)11(15)16)12(17)13-8-4-5-18-6-8/h8-10H,2-7H2,1H3,(H,13,17)(H,15,16). The van der Waals surface area contributed by atoms with E-state index in [0.717, 1.165) is 30.8 Å². The van der Waals surface area contributed by atoms with E-state index >= 15 is 0 Å². The molecule has 2 rings (SSSR count). The molecule has 5 nitrogen and oxygen atoms in total. The van der Waals surface area contributed by atoms with Crippen LogP contribution in [0.15, 0.2) is 0 Å². The quantitative estimate of drug-likeness (QED) is 0.829. The number of carbonyl (C=O) groups is 2. The van der Waals surface area contributed by atoms with Gasteiger partial charge >= 0.3 is 12.0 Å². The van der Waals surface area contributed by atoms with Crippen molar-refractivity contribution < 1.29 is 14.7 Å². The molecule has 0 aromatic rings. The molecule has 0 aromatic carbocycles. The zero-order chi connectivity index (χ0) is 13.8. The van der Waals surface area contributed by atoms with Crippen molar-refractivity contribution in [3.63, 3.8) is 0 Å². The third kappa shape index (κ3) is 3.51. The van der Waals surface area contributed by atoms with Gasteiger partial charge in [-0.3, -0.25) is 4.90 Å². The second kappa shape index (κ2) is 6.74. The van der Waals surface area contributed by atoms with E-state index in [2.05, 4.69) is 12.2 Å². The molecule has 3 unspecified atom stereocenters. The van der Waals surface area contributed by atoms with Crippen LogP contribution in [0, 0.1) is 0 Å². The number of thioether (sulfide) groups is 2. The average molecular weight is 304 g/mol. The monoisotopic (exact) mass is 304 g/mol. The highest BCUT2D eigenvalue weighted by Crippen LogP contribution is 2.32. The Bertz CT molecular complexity index is 348. The summed E-state index contributed by atoms with van der Waals surface area (Å²) in [7, 11) is 0. The summed E-state index contributed by atoms with van der Waals surface area (Å²) in [6, 6.07) is -0.696. The molecule has 0 bridgehead atoms. The Morgan fingerprint density at radius 2 is 2.21 bits per heavy atom. The van der Waals surface area contributed by atoms with Gasteiger partial charge in [-0.25, -0.2) is 9.59 Å². The summed E-state index contributed by atoms with van der Waals surface area (Å²) in [5.74, 6) is 1.60. The van der Waals surface area contributed by atoms with Crippen molar-refractivity contribution in [2.45, 2.75) is 43.6 Å². The number of amides is 2. The molecule has 2 saturated heterocycles. The van der Waals surface area contributed by atoms with E-state index in [1.165, 1.54) is 0 Å². The topological polar surface area (TPSA) is 69.6 Å². The van der Waals surface area contributed by atoms with Crippen molar-refractivity contribution in [3.8, 4) is 0 Å². The molecule has 108 valence electrons. The number of rotatable bonds is 4. The smallest absolute Gasteiger partial charge is 0.327 e. The zero-order valence-corrected chi connectivity index (χ0v) is 12.6. The highest BCUT2D eigenvalue weighted by Gasteiger charge is 2.41. The predicted octanol–water partition coefficient (Wildman–Crippen LogP) is 1.83. The van der Waals surface area contributed by atoms with Gasteiger partial charge < -0.3 is 10.4 Å². The number of carbonyl (C=O) groups excluding carboxylic acids is 1. The number of nitrogens with zero attached hydrogens (tertiary/aromatic N) is 1. The molecule has 0 spiro atoms. The van der Waals surface area contributed by atoms with Crippen LogP contribution >= 0.6 is 23.5 Å². The lowest BCUT2D eigenvalue weighted by atomic mass is 10.2. The summed E-state index contributed by atoms with van der Waals surface area (Å²) in [6.45, 7) is 2.05. The minimum atomic E-state index is -0.901. The maximum absolute atomic E-state index is 12.3. The third-order valence-corrected chi connectivity index (χ3v) is 5.92. The highest BCUT2D eigenvalue weighted by atomic mass is 32.2. The van der Waals surface area contributed by atoms with Crippen LogP contribution in [0.3, 0.4) is 0 Å². The minimum Gasteiger partial charge on any atom is -0.480 e. The maximum Gasteiger partial charge on any atom is 0.327 e. The van der Waals surface area contributed by atoms with Crippen LogP contribution in [-0.4, -0.2) is 56.7 Å². The van der Waals surface area contributed by atoms with Crippen LogP contribution in [0.4, 0.5) is 4.79 Å². The number of carboxylic acids is 1.